The van der Waals surface area contributed by atoms with E-state index in [1.807, 2.05) is 22.9 Å². The molecular formula is C11H11IN2S2. The fraction of sp³-hybridized carbons (Fsp3) is 0.364. The van der Waals surface area contributed by atoms with Crippen molar-refractivity contribution < 1.29 is 0 Å². The quantitative estimate of drug-likeness (QED) is 0.806. The Labute approximate surface area is 116 Å². The van der Waals surface area contributed by atoms with E-state index < -0.39 is 0 Å². The number of thiazole rings is 1. The van der Waals surface area contributed by atoms with Crippen LogP contribution in [0.3, 0.4) is 0 Å². The second-order valence-electron chi connectivity index (χ2n) is 3.86. The largest absolute Gasteiger partial charge is 0.355 e. The van der Waals surface area contributed by atoms with Crippen LogP contribution in [0.1, 0.15) is 29.3 Å². The smallest absolute Gasteiger partial charge is 0.183 e. The number of thiophene rings is 1. The molecule has 1 unspecified atom stereocenters. The van der Waals surface area contributed by atoms with Gasteiger partial charge in [-0.25, -0.2) is 4.98 Å². The lowest BCUT2D eigenvalue weighted by molar-refractivity contribution is 0.608. The summed E-state index contributed by atoms with van der Waals surface area (Å²) in [5, 5.41) is 6.60. The predicted molar refractivity (Wildman–Crippen MR) is 78.5 cm³/mol. The number of nitrogens with one attached hydrogen (secondary N) is 1. The SMILES string of the molecule is Ic1cc2c(s1)CCCC2Nc1nccs1. The zero-order chi connectivity index (χ0) is 11.0. The molecule has 1 aliphatic rings. The van der Waals surface area contributed by atoms with Crippen LogP contribution in [-0.4, -0.2) is 4.98 Å². The van der Waals surface area contributed by atoms with Gasteiger partial charge < -0.3 is 5.32 Å². The average molecular weight is 362 g/mol. The molecule has 16 heavy (non-hydrogen) atoms. The van der Waals surface area contributed by atoms with Crippen LogP contribution in [-0.2, 0) is 6.42 Å². The van der Waals surface area contributed by atoms with Gasteiger partial charge in [-0.1, -0.05) is 0 Å². The van der Waals surface area contributed by atoms with Crippen molar-refractivity contribution >= 4 is 50.4 Å². The van der Waals surface area contributed by atoms with Crippen molar-refractivity contribution in [1.82, 2.24) is 4.98 Å². The molecule has 0 aliphatic heterocycles. The number of anilines is 1. The van der Waals surface area contributed by atoms with Crippen LogP contribution in [0.15, 0.2) is 17.6 Å². The van der Waals surface area contributed by atoms with Crippen LogP contribution in [0.5, 0.6) is 0 Å². The van der Waals surface area contributed by atoms with E-state index in [0.29, 0.717) is 6.04 Å². The first-order valence-corrected chi connectivity index (χ1v) is 8.04. The molecule has 2 nitrogen and oxygen atoms in total. The van der Waals surface area contributed by atoms with Crippen LogP contribution in [0.2, 0.25) is 0 Å². The molecule has 0 amide bonds. The summed E-state index contributed by atoms with van der Waals surface area (Å²) in [6, 6.07) is 2.79. The maximum Gasteiger partial charge on any atom is 0.183 e. The van der Waals surface area contributed by atoms with Gasteiger partial charge in [0.1, 0.15) is 0 Å². The number of nitrogens with zero attached hydrogens (tertiary/aromatic N) is 1. The predicted octanol–water partition coefficient (Wildman–Crippen LogP) is 4.30. The van der Waals surface area contributed by atoms with Crippen molar-refractivity contribution in [2.24, 2.45) is 0 Å². The fourth-order valence-electron chi connectivity index (χ4n) is 2.12. The first-order valence-electron chi connectivity index (χ1n) is 5.27. The molecule has 0 saturated carbocycles. The Morgan fingerprint density at radius 2 is 2.44 bits per heavy atom. The van der Waals surface area contributed by atoms with Crippen molar-refractivity contribution in [3.63, 3.8) is 0 Å². The maximum absolute atomic E-state index is 4.30. The van der Waals surface area contributed by atoms with E-state index in [1.54, 1.807) is 16.2 Å². The highest BCUT2D eigenvalue weighted by molar-refractivity contribution is 14.1. The number of aryl methyl sites for hydroxylation is 1. The molecule has 2 aromatic rings. The van der Waals surface area contributed by atoms with E-state index in [-0.39, 0.29) is 0 Å². The highest BCUT2D eigenvalue weighted by atomic mass is 127. The Morgan fingerprint density at radius 1 is 1.50 bits per heavy atom. The van der Waals surface area contributed by atoms with Crippen molar-refractivity contribution in [2.75, 3.05) is 5.32 Å². The molecule has 2 heterocycles. The van der Waals surface area contributed by atoms with Crippen molar-refractivity contribution in [1.29, 1.82) is 0 Å². The first-order chi connectivity index (χ1) is 7.83. The molecule has 0 aromatic carbocycles. The number of halogens is 1. The van der Waals surface area contributed by atoms with Crippen LogP contribution < -0.4 is 5.32 Å². The van der Waals surface area contributed by atoms with E-state index in [9.17, 15) is 0 Å². The molecule has 1 N–H and O–H groups in total. The lowest BCUT2D eigenvalue weighted by atomic mass is 9.94. The summed E-state index contributed by atoms with van der Waals surface area (Å²) < 4.78 is 1.40. The second kappa shape index (κ2) is 4.62. The number of aromatic nitrogens is 1. The minimum Gasteiger partial charge on any atom is -0.355 e. The van der Waals surface area contributed by atoms with Crippen LogP contribution in [0, 0.1) is 2.88 Å². The highest BCUT2D eigenvalue weighted by Gasteiger charge is 2.22. The summed E-state index contributed by atoms with van der Waals surface area (Å²) in [5.74, 6) is 0. The fourth-order valence-corrected chi connectivity index (χ4v) is 4.82. The normalized spacial score (nSPS) is 19.4. The van der Waals surface area contributed by atoms with E-state index in [1.165, 1.54) is 27.7 Å². The van der Waals surface area contributed by atoms with Gasteiger partial charge in [0, 0.05) is 16.5 Å². The summed E-state index contributed by atoms with van der Waals surface area (Å²) >= 11 is 6.03. The zero-order valence-corrected chi connectivity index (χ0v) is 12.4. The molecule has 5 heteroatoms. The standard InChI is InChI=1S/C11H11IN2S2/c12-10-6-7-8(2-1-3-9(7)16-10)14-11-13-4-5-15-11/h4-6,8H,1-3H2,(H,13,14). The summed E-state index contributed by atoms with van der Waals surface area (Å²) in [5.41, 5.74) is 1.50. The maximum atomic E-state index is 4.30. The topological polar surface area (TPSA) is 24.9 Å². The Balaban J connectivity index is 1.87. The van der Waals surface area contributed by atoms with Crippen LogP contribution in [0.25, 0.3) is 0 Å². The van der Waals surface area contributed by atoms with Crippen LogP contribution in [0.4, 0.5) is 5.13 Å². The Hall–Kier alpha value is -0.140. The van der Waals surface area contributed by atoms with Gasteiger partial charge in [0.05, 0.1) is 8.93 Å². The van der Waals surface area contributed by atoms with Gasteiger partial charge in [0.2, 0.25) is 0 Å². The molecule has 1 aliphatic carbocycles. The van der Waals surface area contributed by atoms with Gasteiger partial charge in [-0.05, 0) is 53.5 Å². The number of hydrogen-bond acceptors (Lipinski definition) is 4. The summed E-state index contributed by atoms with van der Waals surface area (Å²) in [6.45, 7) is 0. The number of rotatable bonds is 2. The third-order valence-electron chi connectivity index (χ3n) is 2.81. The Bertz CT molecular complexity index is 478. The number of fused-ring (bicyclic) bond motifs is 1. The summed E-state index contributed by atoms with van der Waals surface area (Å²) in [6.07, 6.45) is 5.61. The molecule has 1 atom stereocenters. The second-order valence-corrected chi connectivity index (χ2v) is 7.78. The van der Waals surface area contributed by atoms with Crippen molar-refractivity contribution in [3.05, 3.63) is 31.0 Å². The number of hydrogen-bond donors (Lipinski definition) is 1. The molecule has 0 saturated heterocycles. The first kappa shape index (κ1) is 11.0. The molecule has 3 rings (SSSR count). The molecule has 0 fully saturated rings. The van der Waals surface area contributed by atoms with Crippen molar-refractivity contribution in [3.8, 4) is 0 Å². The highest BCUT2D eigenvalue weighted by Crippen LogP contribution is 2.38. The summed E-state index contributed by atoms with van der Waals surface area (Å²) in [7, 11) is 0. The average Bonchev–Trinajstić information content (AvgIpc) is 2.86. The monoisotopic (exact) mass is 362 g/mol. The molecule has 0 radical (unpaired) electrons. The molecule has 0 spiro atoms. The van der Waals surface area contributed by atoms with Gasteiger partial charge in [-0.2, -0.15) is 0 Å². The van der Waals surface area contributed by atoms with Crippen molar-refractivity contribution in [2.45, 2.75) is 25.3 Å². The third-order valence-corrected chi connectivity index (χ3v) is 5.49. The van der Waals surface area contributed by atoms with E-state index >= 15 is 0 Å². The Kier molecular flexibility index (Phi) is 3.17. The lowest BCUT2D eigenvalue weighted by Gasteiger charge is -2.23. The minimum absolute atomic E-state index is 0.467. The van der Waals surface area contributed by atoms with E-state index in [4.69, 9.17) is 0 Å². The molecule has 84 valence electrons. The van der Waals surface area contributed by atoms with E-state index in [0.717, 1.165) is 5.13 Å². The van der Waals surface area contributed by atoms with Gasteiger partial charge in [0.25, 0.3) is 0 Å². The van der Waals surface area contributed by atoms with Crippen LogP contribution >= 0.6 is 45.3 Å². The van der Waals surface area contributed by atoms with Gasteiger partial charge in [-0.3, -0.25) is 0 Å². The van der Waals surface area contributed by atoms with Gasteiger partial charge in [-0.15, -0.1) is 22.7 Å². The van der Waals surface area contributed by atoms with E-state index in [2.05, 4.69) is 39.0 Å². The molecular weight excluding hydrogens is 351 g/mol. The molecule has 2 aromatic heterocycles. The zero-order valence-electron chi connectivity index (χ0n) is 8.57. The Morgan fingerprint density at radius 3 is 3.25 bits per heavy atom. The third kappa shape index (κ3) is 2.12. The minimum atomic E-state index is 0.467. The van der Waals surface area contributed by atoms with Gasteiger partial charge >= 0.3 is 0 Å². The van der Waals surface area contributed by atoms with Gasteiger partial charge in [0.15, 0.2) is 5.13 Å². The summed E-state index contributed by atoms with van der Waals surface area (Å²) in [4.78, 5) is 5.86. The molecule has 0 bridgehead atoms. The lowest BCUT2D eigenvalue weighted by Crippen LogP contribution is -2.15.